The molecule has 1 N–H and O–H groups in total. The topological polar surface area (TPSA) is 12.0 Å². The van der Waals surface area contributed by atoms with Crippen LogP contribution in [0.15, 0.2) is 52.3 Å². The van der Waals surface area contributed by atoms with E-state index in [2.05, 4.69) is 12.2 Å². The molecule has 0 saturated heterocycles. The van der Waals surface area contributed by atoms with Gasteiger partial charge in [-0.3, -0.25) is 0 Å². The first kappa shape index (κ1) is 14.4. The number of nitrogens with one attached hydrogen (secondary N) is 1. The molecule has 0 atom stereocenters. The van der Waals surface area contributed by atoms with Crippen molar-refractivity contribution in [2.24, 2.45) is 0 Å². The summed E-state index contributed by atoms with van der Waals surface area (Å²) in [6, 6.07) is 12.4. The van der Waals surface area contributed by atoms with Gasteiger partial charge in [0.25, 0.3) is 0 Å². The Labute approximate surface area is 122 Å². The van der Waals surface area contributed by atoms with E-state index in [1.54, 1.807) is 6.07 Å². The molecule has 2 rings (SSSR count). The standard InChI is InChI=1S/C15H15ClFNS/c1-2-18-10-11-6-7-12(16)8-15(11)19-14-5-3-4-13(17)9-14/h3-9,18H,2,10H2,1H3. The van der Waals surface area contributed by atoms with Crippen molar-refractivity contribution in [2.75, 3.05) is 6.54 Å². The van der Waals surface area contributed by atoms with Crippen LogP contribution in [-0.4, -0.2) is 6.54 Å². The SMILES string of the molecule is CCNCc1ccc(Cl)cc1Sc1cccc(F)c1. The lowest BCUT2D eigenvalue weighted by atomic mass is 10.2. The molecule has 4 heteroatoms. The Hall–Kier alpha value is -1.03. The van der Waals surface area contributed by atoms with Crippen molar-refractivity contribution in [3.05, 3.63) is 58.9 Å². The van der Waals surface area contributed by atoms with E-state index in [0.29, 0.717) is 5.02 Å². The van der Waals surface area contributed by atoms with Crippen LogP contribution in [0.1, 0.15) is 12.5 Å². The number of hydrogen-bond donors (Lipinski definition) is 1. The molecular formula is C15H15ClFNS. The first-order chi connectivity index (χ1) is 9.19. The molecule has 0 aliphatic carbocycles. The van der Waals surface area contributed by atoms with Crippen LogP contribution in [0.2, 0.25) is 5.02 Å². The highest BCUT2D eigenvalue weighted by Crippen LogP contribution is 2.32. The molecule has 2 aromatic carbocycles. The molecule has 0 aromatic heterocycles. The summed E-state index contributed by atoms with van der Waals surface area (Å²) < 4.78 is 13.2. The Bertz CT molecular complexity index is 560. The van der Waals surface area contributed by atoms with E-state index in [1.165, 1.54) is 29.5 Å². The fourth-order valence-corrected chi connectivity index (χ4v) is 2.95. The molecule has 0 aliphatic heterocycles. The second kappa shape index (κ2) is 6.94. The summed E-state index contributed by atoms with van der Waals surface area (Å²) in [6.45, 7) is 3.76. The van der Waals surface area contributed by atoms with Gasteiger partial charge in [-0.25, -0.2) is 4.39 Å². The van der Waals surface area contributed by atoms with Gasteiger partial charge in [0.15, 0.2) is 0 Å². The second-order valence-electron chi connectivity index (χ2n) is 4.09. The Morgan fingerprint density at radius 1 is 1.21 bits per heavy atom. The van der Waals surface area contributed by atoms with Gasteiger partial charge in [-0.2, -0.15) is 0 Å². The smallest absolute Gasteiger partial charge is 0.124 e. The predicted octanol–water partition coefficient (Wildman–Crippen LogP) is 4.74. The van der Waals surface area contributed by atoms with Gasteiger partial charge in [0.1, 0.15) is 5.82 Å². The van der Waals surface area contributed by atoms with Crippen LogP contribution in [0.5, 0.6) is 0 Å². The van der Waals surface area contributed by atoms with Crippen molar-refractivity contribution >= 4 is 23.4 Å². The van der Waals surface area contributed by atoms with Crippen molar-refractivity contribution in [3.63, 3.8) is 0 Å². The third-order valence-electron chi connectivity index (χ3n) is 2.62. The molecule has 1 nitrogen and oxygen atoms in total. The average molecular weight is 296 g/mol. The zero-order chi connectivity index (χ0) is 13.7. The van der Waals surface area contributed by atoms with Gasteiger partial charge < -0.3 is 5.32 Å². The van der Waals surface area contributed by atoms with Gasteiger partial charge in [-0.15, -0.1) is 0 Å². The highest BCUT2D eigenvalue weighted by atomic mass is 35.5. The minimum absolute atomic E-state index is 0.222. The van der Waals surface area contributed by atoms with Crippen molar-refractivity contribution in [1.82, 2.24) is 5.32 Å². The van der Waals surface area contributed by atoms with E-state index >= 15 is 0 Å². The van der Waals surface area contributed by atoms with Gasteiger partial charge in [-0.1, -0.05) is 42.4 Å². The van der Waals surface area contributed by atoms with E-state index < -0.39 is 0 Å². The fourth-order valence-electron chi connectivity index (χ4n) is 1.69. The quantitative estimate of drug-likeness (QED) is 0.855. The van der Waals surface area contributed by atoms with Gasteiger partial charge in [0.05, 0.1) is 0 Å². The van der Waals surface area contributed by atoms with E-state index in [9.17, 15) is 4.39 Å². The summed E-state index contributed by atoms with van der Waals surface area (Å²) >= 11 is 7.57. The van der Waals surface area contributed by atoms with Crippen molar-refractivity contribution in [2.45, 2.75) is 23.3 Å². The molecule has 19 heavy (non-hydrogen) atoms. The lowest BCUT2D eigenvalue weighted by molar-refractivity contribution is 0.624. The molecule has 0 unspecified atom stereocenters. The summed E-state index contributed by atoms with van der Waals surface area (Å²) in [7, 11) is 0. The molecule has 0 fully saturated rings. The number of hydrogen-bond acceptors (Lipinski definition) is 2. The Balaban J connectivity index is 2.24. The highest BCUT2D eigenvalue weighted by molar-refractivity contribution is 7.99. The van der Waals surface area contributed by atoms with Gasteiger partial charge in [-0.05, 0) is 42.4 Å². The average Bonchev–Trinajstić information content (AvgIpc) is 2.38. The van der Waals surface area contributed by atoms with Gasteiger partial charge in [0, 0.05) is 21.4 Å². The summed E-state index contributed by atoms with van der Waals surface area (Å²) in [6.07, 6.45) is 0. The first-order valence-electron chi connectivity index (χ1n) is 6.11. The Morgan fingerprint density at radius 3 is 2.79 bits per heavy atom. The minimum atomic E-state index is -0.222. The van der Waals surface area contributed by atoms with Gasteiger partial charge in [0.2, 0.25) is 0 Å². The van der Waals surface area contributed by atoms with Crippen molar-refractivity contribution in [1.29, 1.82) is 0 Å². The summed E-state index contributed by atoms with van der Waals surface area (Å²) in [5.41, 5.74) is 1.17. The normalized spacial score (nSPS) is 10.7. The maximum atomic E-state index is 13.2. The molecule has 0 amide bonds. The zero-order valence-electron chi connectivity index (χ0n) is 10.6. The van der Waals surface area contributed by atoms with Crippen LogP contribution >= 0.6 is 23.4 Å². The molecule has 0 bridgehead atoms. The van der Waals surface area contributed by atoms with Crippen molar-refractivity contribution < 1.29 is 4.39 Å². The van der Waals surface area contributed by atoms with Gasteiger partial charge >= 0.3 is 0 Å². The van der Waals surface area contributed by atoms with Crippen LogP contribution in [-0.2, 0) is 6.54 Å². The minimum Gasteiger partial charge on any atom is -0.313 e. The largest absolute Gasteiger partial charge is 0.313 e. The van der Waals surface area contributed by atoms with Crippen LogP contribution in [0.25, 0.3) is 0 Å². The van der Waals surface area contributed by atoms with E-state index in [-0.39, 0.29) is 5.82 Å². The lowest BCUT2D eigenvalue weighted by Crippen LogP contribution is -2.12. The maximum Gasteiger partial charge on any atom is 0.124 e. The maximum absolute atomic E-state index is 13.2. The molecular weight excluding hydrogens is 281 g/mol. The Kier molecular flexibility index (Phi) is 5.25. The van der Waals surface area contributed by atoms with E-state index in [4.69, 9.17) is 11.6 Å². The first-order valence-corrected chi connectivity index (χ1v) is 7.31. The van der Waals surface area contributed by atoms with Crippen molar-refractivity contribution in [3.8, 4) is 0 Å². The number of rotatable bonds is 5. The third-order valence-corrected chi connectivity index (χ3v) is 3.94. The predicted molar refractivity (Wildman–Crippen MR) is 79.4 cm³/mol. The van der Waals surface area contributed by atoms with Crippen LogP contribution in [0, 0.1) is 5.82 Å². The van der Waals surface area contributed by atoms with Crippen LogP contribution in [0.4, 0.5) is 4.39 Å². The highest BCUT2D eigenvalue weighted by Gasteiger charge is 2.06. The summed E-state index contributed by atoms with van der Waals surface area (Å²) in [5.74, 6) is -0.222. The molecule has 0 spiro atoms. The Morgan fingerprint density at radius 2 is 2.05 bits per heavy atom. The lowest BCUT2D eigenvalue weighted by Gasteiger charge is -2.10. The fraction of sp³-hybridized carbons (Fsp3) is 0.200. The summed E-state index contributed by atoms with van der Waals surface area (Å²) in [5, 5.41) is 3.98. The van der Waals surface area contributed by atoms with Crippen LogP contribution in [0.3, 0.4) is 0 Å². The third kappa shape index (κ3) is 4.23. The molecule has 100 valence electrons. The molecule has 0 saturated carbocycles. The summed E-state index contributed by atoms with van der Waals surface area (Å²) in [4.78, 5) is 1.93. The molecule has 2 aromatic rings. The molecule has 0 heterocycles. The van der Waals surface area contributed by atoms with E-state index in [0.717, 1.165) is 22.9 Å². The zero-order valence-corrected chi connectivity index (χ0v) is 12.2. The second-order valence-corrected chi connectivity index (χ2v) is 5.64. The monoisotopic (exact) mass is 295 g/mol. The number of halogens is 2. The molecule has 0 aliphatic rings. The number of benzene rings is 2. The van der Waals surface area contributed by atoms with Crippen LogP contribution < -0.4 is 5.32 Å². The molecule has 0 radical (unpaired) electrons. The van der Waals surface area contributed by atoms with E-state index in [1.807, 2.05) is 24.3 Å².